The van der Waals surface area contributed by atoms with Crippen LogP contribution in [0.1, 0.15) is 34.2 Å². The highest BCUT2D eigenvalue weighted by molar-refractivity contribution is 5.74. The Hall–Kier alpha value is -2.84. The summed E-state index contributed by atoms with van der Waals surface area (Å²) in [7, 11) is 4.00. The highest BCUT2D eigenvalue weighted by Gasteiger charge is 2.15. The minimum absolute atomic E-state index is 0.0632. The Balaban J connectivity index is 1.62. The van der Waals surface area contributed by atoms with Crippen LogP contribution in [-0.2, 0) is 25.9 Å². The second kappa shape index (κ2) is 9.38. The summed E-state index contributed by atoms with van der Waals surface area (Å²) < 4.78 is 0. The van der Waals surface area contributed by atoms with Crippen LogP contribution in [0.2, 0.25) is 0 Å². The van der Waals surface area contributed by atoms with Crippen molar-refractivity contribution >= 4 is 6.03 Å². The first-order valence-corrected chi connectivity index (χ1v) is 9.82. The number of nitrogens with zero attached hydrogens (tertiary/aromatic N) is 3. The molecule has 0 atom stereocenters. The molecule has 1 aliphatic rings. The van der Waals surface area contributed by atoms with E-state index in [1.54, 1.807) is 12.1 Å². The van der Waals surface area contributed by atoms with E-state index in [4.69, 9.17) is 5.26 Å². The maximum absolute atomic E-state index is 12.8. The smallest absolute Gasteiger partial charge is 0.318 e. The van der Waals surface area contributed by atoms with Crippen molar-refractivity contribution in [3.8, 4) is 6.07 Å². The SMILES string of the molecule is CN(C)CCN(Cc1ccc(C#N)cc1)C(=O)NCc1ccc2c(c1)CCC2. The Labute approximate surface area is 167 Å². The van der Waals surface area contributed by atoms with Crippen LogP contribution >= 0.6 is 0 Å². The van der Waals surface area contributed by atoms with Gasteiger partial charge in [-0.1, -0.05) is 30.3 Å². The lowest BCUT2D eigenvalue weighted by Gasteiger charge is -2.25. The van der Waals surface area contributed by atoms with Gasteiger partial charge in [-0.25, -0.2) is 4.79 Å². The standard InChI is InChI=1S/C23H28N4O/c1-26(2)12-13-27(17-19-8-6-18(15-24)7-9-19)23(28)25-16-20-10-11-21-4-3-5-22(21)14-20/h6-11,14H,3-5,12-13,16-17H2,1-2H3,(H,25,28). The second-order valence-electron chi connectivity index (χ2n) is 7.65. The fraction of sp³-hybridized carbons (Fsp3) is 0.391. The molecular formula is C23H28N4O. The van der Waals surface area contributed by atoms with Crippen molar-refractivity contribution in [2.75, 3.05) is 27.2 Å². The lowest BCUT2D eigenvalue weighted by atomic mass is 10.1. The zero-order valence-electron chi connectivity index (χ0n) is 16.7. The molecule has 1 aliphatic carbocycles. The summed E-state index contributed by atoms with van der Waals surface area (Å²) in [6.07, 6.45) is 3.55. The van der Waals surface area contributed by atoms with Crippen LogP contribution in [-0.4, -0.2) is 43.0 Å². The van der Waals surface area contributed by atoms with Crippen molar-refractivity contribution in [2.24, 2.45) is 0 Å². The number of rotatable bonds is 7. The molecule has 0 bridgehead atoms. The zero-order valence-corrected chi connectivity index (χ0v) is 16.7. The topological polar surface area (TPSA) is 59.4 Å². The summed E-state index contributed by atoms with van der Waals surface area (Å²) in [5.74, 6) is 0. The summed E-state index contributed by atoms with van der Waals surface area (Å²) in [6.45, 7) is 2.50. The van der Waals surface area contributed by atoms with Gasteiger partial charge >= 0.3 is 6.03 Å². The van der Waals surface area contributed by atoms with Crippen molar-refractivity contribution in [3.63, 3.8) is 0 Å². The van der Waals surface area contributed by atoms with Gasteiger partial charge in [0.15, 0.2) is 0 Å². The van der Waals surface area contributed by atoms with E-state index in [0.29, 0.717) is 25.2 Å². The average molecular weight is 377 g/mol. The predicted octanol–water partition coefficient (Wildman–Crippen LogP) is 3.32. The van der Waals surface area contributed by atoms with E-state index >= 15 is 0 Å². The number of hydrogen-bond donors (Lipinski definition) is 1. The highest BCUT2D eigenvalue weighted by atomic mass is 16.2. The lowest BCUT2D eigenvalue weighted by molar-refractivity contribution is 0.188. The lowest BCUT2D eigenvalue weighted by Crippen LogP contribution is -2.42. The molecule has 0 spiro atoms. The number of fused-ring (bicyclic) bond motifs is 1. The van der Waals surface area contributed by atoms with Crippen LogP contribution in [0.5, 0.6) is 0 Å². The van der Waals surface area contributed by atoms with Gasteiger partial charge in [0.05, 0.1) is 11.6 Å². The third-order valence-electron chi connectivity index (χ3n) is 5.17. The van der Waals surface area contributed by atoms with Crippen LogP contribution in [0.3, 0.4) is 0 Å². The van der Waals surface area contributed by atoms with Crippen molar-refractivity contribution in [2.45, 2.75) is 32.4 Å². The molecule has 0 heterocycles. The van der Waals surface area contributed by atoms with Crippen LogP contribution in [0.4, 0.5) is 4.79 Å². The van der Waals surface area contributed by atoms with Crippen LogP contribution in [0.25, 0.3) is 0 Å². The molecule has 2 aromatic carbocycles. The average Bonchev–Trinajstić information content (AvgIpc) is 3.17. The number of urea groups is 1. The Morgan fingerprint density at radius 2 is 1.75 bits per heavy atom. The third kappa shape index (κ3) is 5.34. The van der Waals surface area contributed by atoms with E-state index < -0.39 is 0 Å². The van der Waals surface area contributed by atoms with E-state index in [-0.39, 0.29) is 6.03 Å². The van der Waals surface area contributed by atoms with Gasteiger partial charge in [-0.3, -0.25) is 0 Å². The number of amides is 2. The summed E-state index contributed by atoms with van der Waals surface area (Å²) in [5, 5.41) is 12.0. The molecule has 5 nitrogen and oxygen atoms in total. The molecule has 0 aliphatic heterocycles. The fourth-order valence-electron chi connectivity index (χ4n) is 3.50. The van der Waals surface area contributed by atoms with E-state index in [9.17, 15) is 4.79 Å². The Bertz CT molecular complexity index is 852. The molecule has 0 radical (unpaired) electrons. The summed E-state index contributed by atoms with van der Waals surface area (Å²) >= 11 is 0. The summed E-state index contributed by atoms with van der Waals surface area (Å²) in [6, 6.07) is 16.0. The van der Waals surface area contributed by atoms with Crippen LogP contribution < -0.4 is 5.32 Å². The molecule has 2 aromatic rings. The Kier molecular flexibility index (Phi) is 6.67. The Morgan fingerprint density at radius 3 is 2.46 bits per heavy atom. The number of carbonyl (C=O) groups excluding carboxylic acids is 1. The molecule has 0 aromatic heterocycles. The summed E-state index contributed by atoms with van der Waals surface area (Å²) in [4.78, 5) is 16.7. The highest BCUT2D eigenvalue weighted by Crippen LogP contribution is 2.22. The van der Waals surface area contributed by atoms with E-state index in [1.807, 2.05) is 31.1 Å². The van der Waals surface area contributed by atoms with Gasteiger partial charge in [0.2, 0.25) is 0 Å². The molecule has 28 heavy (non-hydrogen) atoms. The van der Waals surface area contributed by atoms with Gasteiger partial charge < -0.3 is 15.1 Å². The Morgan fingerprint density at radius 1 is 1.04 bits per heavy atom. The molecular weight excluding hydrogens is 348 g/mol. The minimum Gasteiger partial charge on any atom is -0.334 e. The predicted molar refractivity (Wildman–Crippen MR) is 111 cm³/mol. The first-order valence-electron chi connectivity index (χ1n) is 9.82. The largest absolute Gasteiger partial charge is 0.334 e. The number of carbonyl (C=O) groups is 1. The van der Waals surface area contributed by atoms with Gasteiger partial charge in [-0.2, -0.15) is 5.26 Å². The number of hydrogen-bond acceptors (Lipinski definition) is 3. The molecule has 2 amide bonds. The van der Waals surface area contributed by atoms with Gasteiger partial charge in [-0.15, -0.1) is 0 Å². The first kappa shape index (κ1) is 19.9. The molecule has 146 valence electrons. The molecule has 0 unspecified atom stereocenters. The molecule has 3 rings (SSSR count). The van der Waals surface area contributed by atoms with Crippen molar-refractivity contribution in [1.82, 2.24) is 15.1 Å². The van der Waals surface area contributed by atoms with Crippen molar-refractivity contribution in [3.05, 3.63) is 70.3 Å². The summed E-state index contributed by atoms with van der Waals surface area (Å²) in [5.41, 5.74) is 5.67. The quantitative estimate of drug-likeness (QED) is 0.806. The monoisotopic (exact) mass is 376 g/mol. The first-order chi connectivity index (χ1) is 13.5. The number of aryl methyl sites for hydroxylation is 2. The molecule has 0 saturated heterocycles. The minimum atomic E-state index is -0.0632. The van der Waals surface area contributed by atoms with Crippen molar-refractivity contribution in [1.29, 1.82) is 5.26 Å². The van der Waals surface area contributed by atoms with Gasteiger partial charge in [0, 0.05) is 26.2 Å². The fourth-order valence-corrected chi connectivity index (χ4v) is 3.50. The third-order valence-corrected chi connectivity index (χ3v) is 5.17. The number of likely N-dealkylation sites (N-methyl/N-ethyl adjacent to an activating group) is 1. The molecule has 0 saturated carbocycles. The zero-order chi connectivity index (χ0) is 19.9. The van der Waals surface area contributed by atoms with Crippen LogP contribution in [0.15, 0.2) is 42.5 Å². The maximum Gasteiger partial charge on any atom is 0.318 e. The number of nitriles is 1. The number of nitrogens with one attached hydrogen (secondary N) is 1. The second-order valence-corrected chi connectivity index (χ2v) is 7.65. The van der Waals surface area contributed by atoms with Crippen LogP contribution in [0, 0.1) is 11.3 Å². The molecule has 5 heteroatoms. The van der Waals surface area contributed by atoms with Gasteiger partial charge in [0.25, 0.3) is 0 Å². The van der Waals surface area contributed by atoms with E-state index in [0.717, 1.165) is 24.1 Å². The molecule has 0 fully saturated rings. The normalized spacial score (nSPS) is 12.5. The van der Waals surface area contributed by atoms with E-state index in [2.05, 4.69) is 34.5 Å². The van der Waals surface area contributed by atoms with Crippen molar-refractivity contribution < 1.29 is 4.79 Å². The van der Waals surface area contributed by atoms with E-state index in [1.165, 1.54) is 24.0 Å². The van der Waals surface area contributed by atoms with Gasteiger partial charge in [0.1, 0.15) is 0 Å². The maximum atomic E-state index is 12.8. The number of benzene rings is 2. The van der Waals surface area contributed by atoms with Gasteiger partial charge in [-0.05, 0) is 67.7 Å². The molecule has 1 N–H and O–H groups in total.